The number of nitrogens with one attached hydrogen (secondary N) is 1. The van der Waals surface area contributed by atoms with Crippen molar-refractivity contribution < 1.29 is 0 Å². The van der Waals surface area contributed by atoms with E-state index in [1.54, 1.807) is 0 Å². The van der Waals surface area contributed by atoms with Crippen molar-refractivity contribution >= 4 is 5.71 Å². The third-order valence-corrected chi connectivity index (χ3v) is 5.84. The maximum absolute atomic E-state index is 5.23. The number of aromatic nitrogens is 3. The SMILES string of the molecule is CCCCc1ncc(-c2c3c(nc(C(C)(C)C)c2C2=NN=NC2)CCCCC3)[nH]1. The Kier molecular flexibility index (Phi) is 5.61. The van der Waals surface area contributed by atoms with Crippen molar-refractivity contribution in [3.63, 3.8) is 0 Å². The zero-order chi connectivity index (χ0) is 20.4. The largest absolute Gasteiger partial charge is 0.342 e. The van der Waals surface area contributed by atoms with E-state index >= 15 is 0 Å². The average molecular weight is 393 g/mol. The van der Waals surface area contributed by atoms with E-state index in [0.29, 0.717) is 6.54 Å². The molecule has 2 aromatic rings. The Bertz CT molecular complexity index is 945. The first-order valence-corrected chi connectivity index (χ1v) is 11.0. The number of rotatable bonds is 5. The molecule has 0 saturated heterocycles. The standard InChI is InChI=1S/C23H32N6/c1-5-6-12-19-24-13-17(26-19)20-15-10-8-7-9-11-16(15)27-22(23(2,3)4)21(20)18-14-25-29-28-18/h13H,5-12,14H2,1-4H3,(H,24,26). The molecule has 3 heterocycles. The molecule has 0 aromatic carbocycles. The van der Waals surface area contributed by atoms with Crippen LogP contribution in [0.4, 0.5) is 0 Å². The molecule has 154 valence electrons. The second-order valence-corrected chi connectivity index (χ2v) is 9.23. The Labute approximate surface area is 173 Å². The highest BCUT2D eigenvalue weighted by atomic mass is 15.4. The van der Waals surface area contributed by atoms with E-state index in [1.165, 1.54) is 42.5 Å². The van der Waals surface area contributed by atoms with Gasteiger partial charge in [-0.3, -0.25) is 4.98 Å². The monoisotopic (exact) mass is 392 g/mol. The number of aromatic amines is 1. The summed E-state index contributed by atoms with van der Waals surface area (Å²) in [7, 11) is 0. The van der Waals surface area contributed by atoms with E-state index in [-0.39, 0.29) is 5.41 Å². The van der Waals surface area contributed by atoms with Gasteiger partial charge in [0.25, 0.3) is 0 Å². The zero-order valence-electron chi connectivity index (χ0n) is 18.2. The lowest BCUT2D eigenvalue weighted by atomic mass is 9.81. The zero-order valence-corrected chi connectivity index (χ0v) is 18.2. The topological polar surface area (TPSA) is 78.7 Å². The molecule has 29 heavy (non-hydrogen) atoms. The number of pyridine rings is 1. The molecule has 4 rings (SSSR count). The smallest absolute Gasteiger partial charge is 0.107 e. The van der Waals surface area contributed by atoms with Crippen LogP contribution in [0.3, 0.4) is 0 Å². The first-order valence-electron chi connectivity index (χ1n) is 11.0. The Morgan fingerprint density at radius 3 is 2.62 bits per heavy atom. The van der Waals surface area contributed by atoms with Gasteiger partial charge in [0.1, 0.15) is 12.4 Å². The summed E-state index contributed by atoms with van der Waals surface area (Å²) >= 11 is 0. The van der Waals surface area contributed by atoms with Crippen molar-refractivity contribution in [2.24, 2.45) is 15.4 Å². The molecule has 0 amide bonds. The van der Waals surface area contributed by atoms with E-state index in [4.69, 9.17) is 9.97 Å². The van der Waals surface area contributed by atoms with E-state index < -0.39 is 0 Å². The summed E-state index contributed by atoms with van der Waals surface area (Å²) in [6.07, 6.45) is 11.1. The predicted octanol–water partition coefficient (Wildman–Crippen LogP) is 5.55. The van der Waals surface area contributed by atoms with Crippen LogP contribution in [0.25, 0.3) is 11.3 Å². The fourth-order valence-electron chi connectivity index (χ4n) is 4.35. The number of aryl methyl sites for hydroxylation is 2. The molecule has 1 aliphatic heterocycles. The number of imidazole rings is 1. The second-order valence-electron chi connectivity index (χ2n) is 9.23. The molecule has 0 bridgehead atoms. The Morgan fingerprint density at radius 2 is 1.90 bits per heavy atom. The highest BCUT2D eigenvalue weighted by Gasteiger charge is 2.31. The molecular formula is C23H32N6. The molecule has 0 unspecified atom stereocenters. The second kappa shape index (κ2) is 8.17. The third-order valence-electron chi connectivity index (χ3n) is 5.84. The van der Waals surface area contributed by atoms with E-state index in [9.17, 15) is 0 Å². The number of unbranched alkanes of at least 4 members (excludes halogenated alkanes) is 1. The molecule has 1 N–H and O–H groups in total. The van der Waals surface area contributed by atoms with Crippen molar-refractivity contribution in [2.45, 2.75) is 84.5 Å². The van der Waals surface area contributed by atoms with Crippen LogP contribution in [-0.4, -0.2) is 27.2 Å². The van der Waals surface area contributed by atoms with Crippen molar-refractivity contribution in [1.29, 1.82) is 0 Å². The molecule has 2 aliphatic rings. The van der Waals surface area contributed by atoms with Gasteiger partial charge in [0, 0.05) is 28.7 Å². The van der Waals surface area contributed by atoms with Gasteiger partial charge in [-0.05, 0) is 42.9 Å². The first-order chi connectivity index (χ1) is 14.0. The van der Waals surface area contributed by atoms with Crippen LogP contribution in [0.1, 0.15) is 88.1 Å². The number of fused-ring (bicyclic) bond motifs is 1. The minimum Gasteiger partial charge on any atom is -0.342 e. The van der Waals surface area contributed by atoms with Crippen LogP contribution in [0.2, 0.25) is 0 Å². The van der Waals surface area contributed by atoms with Gasteiger partial charge >= 0.3 is 0 Å². The molecule has 0 radical (unpaired) electrons. The molecule has 0 saturated carbocycles. The summed E-state index contributed by atoms with van der Waals surface area (Å²) in [6, 6.07) is 0. The summed E-state index contributed by atoms with van der Waals surface area (Å²) in [4.78, 5) is 13.6. The summed E-state index contributed by atoms with van der Waals surface area (Å²) < 4.78 is 0. The molecule has 6 heteroatoms. The fraction of sp³-hybridized carbons (Fsp3) is 0.609. The van der Waals surface area contributed by atoms with Gasteiger partial charge in [0.15, 0.2) is 0 Å². The number of hydrogen-bond acceptors (Lipinski definition) is 5. The van der Waals surface area contributed by atoms with Crippen LogP contribution < -0.4 is 0 Å². The average Bonchev–Trinajstić information content (AvgIpc) is 3.32. The van der Waals surface area contributed by atoms with Gasteiger partial charge in [-0.25, -0.2) is 4.98 Å². The minimum absolute atomic E-state index is 0.0956. The highest BCUT2D eigenvalue weighted by Crippen LogP contribution is 2.38. The van der Waals surface area contributed by atoms with Crippen LogP contribution in [0.5, 0.6) is 0 Å². The molecule has 1 aliphatic carbocycles. The molecular weight excluding hydrogens is 360 g/mol. The molecule has 6 nitrogen and oxygen atoms in total. The summed E-state index contributed by atoms with van der Waals surface area (Å²) in [6.45, 7) is 9.43. The summed E-state index contributed by atoms with van der Waals surface area (Å²) in [5.41, 5.74) is 8.00. The Morgan fingerprint density at radius 1 is 1.07 bits per heavy atom. The third kappa shape index (κ3) is 4.02. The van der Waals surface area contributed by atoms with E-state index in [0.717, 1.165) is 54.2 Å². The van der Waals surface area contributed by atoms with Crippen molar-refractivity contribution in [1.82, 2.24) is 15.0 Å². The van der Waals surface area contributed by atoms with Crippen LogP contribution in [-0.2, 0) is 24.7 Å². The maximum Gasteiger partial charge on any atom is 0.107 e. The molecule has 2 aromatic heterocycles. The lowest BCUT2D eigenvalue weighted by molar-refractivity contribution is 0.563. The number of H-pyrrole nitrogens is 1. The van der Waals surface area contributed by atoms with Crippen LogP contribution >= 0.6 is 0 Å². The van der Waals surface area contributed by atoms with Gasteiger partial charge in [-0.1, -0.05) is 40.5 Å². The van der Waals surface area contributed by atoms with Gasteiger partial charge < -0.3 is 4.98 Å². The van der Waals surface area contributed by atoms with Crippen molar-refractivity contribution in [3.8, 4) is 11.3 Å². The molecule has 0 atom stereocenters. The van der Waals surface area contributed by atoms with E-state index in [1.807, 2.05) is 6.20 Å². The quantitative estimate of drug-likeness (QED) is 0.677. The highest BCUT2D eigenvalue weighted by molar-refractivity contribution is 6.09. The van der Waals surface area contributed by atoms with Gasteiger partial charge in [-0.15, -0.1) is 5.10 Å². The van der Waals surface area contributed by atoms with Gasteiger partial charge in [0.05, 0.1) is 23.3 Å². The number of nitrogens with zero attached hydrogens (tertiary/aromatic N) is 5. The predicted molar refractivity (Wildman–Crippen MR) is 117 cm³/mol. The van der Waals surface area contributed by atoms with E-state index in [2.05, 4.69) is 48.1 Å². The Hall–Kier alpha value is -2.37. The Balaban J connectivity index is 1.96. The van der Waals surface area contributed by atoms with Crippen molar-refractivity contribution in [3.05, 3.63) is 34.5 Å². The normalized spacial score (nSPS) is 16.6. The van der Waals surface area contributed by atoms with Crippen LogP contribution in [0.15, 0.2) is 21.6 Å². The lowest BCUT2D eigenvalue weighted by Gasteiger charge is -2.26. The molecule has 0 fully saturated rings. The van der Waals surface area contributed by atoms with Gasteiger partial charge in [-0.2, -0.15) is 5.11 Å². The first kappa shape index (κ1) is 19.9. The molecule has 0 spiro atoms. The summed E-state index contributed by atoms with van der Waals surface area (Å²) in [5, 5.41) is 12.5. The lowest BCUT2D eigenvalue weighted by Crippen LogP contribution is -2.23. The van der Waals surface area contributed by atoms with Crippen LogP contribution in [0, 0.1) is 0 Å². The fourth-order valence-corrected chi connectivity index (χ4v) is 4.35. The summed E-state index contributed by atoms with van der Waals surface area (Å²) in [5.74, 6) is 1.06. The van der Waals surface area contributed by atoms with Crippen molar-refractivity contribution in [2.75, 3.05) is 6.54 Å². The minimum atomic E-state index is -0.0956. The number of hydrogen-bond donors (Lipinski definition) is 1. The van der Waals surface area contributed by atoms with Gasteiger partial charge in [0.2, 0.25) is 0 Å². The maximum atomic E-state index is 5.23.